The third-order valence-electron chi connectivity index (χ3n) is 4.56. The predicted octanol–water partition coefficient (Wildman–Crippen LogP) is 4.98. The Morgan fingerprint density at radius 1 is 1.07 bits per heavy atom. The van der Waals surface area contributed by atoms with Gasteiger partial charge in [-0.05, 0) is 72.8 Å². The minimum Gasteiger partial charge on any atom is -0.497 e. The van der Waals surface area contributed by atoms with E-state index in [9.17, 15) is 9.18 Å². The third kappa shape index (κ3) is 4.17. The lowest BCUT2D eigenvalue weighted by atomic mass is 10.1. The number of ether oxygens (including phenoxy) is 1. The first-order valence-electron chi connectivity index (χ1n) is 9.26. The first-order chi connectivity index (χ1) is 14.6. The van der Waals surface area contributed by atoms with Gasteiger partial charge in [-0.25, -0.2) is 9.07 Å². The minimum absolute atomic E-state index is 0.135. The molecule has 0 saturated carbocycles. The van der Waals surface area contributed by atoms with Crippen molar-refractivity contribution in [3.8, 4) is 22.7 Å². The topological polar surface area (TPSA) is 57.0 Å². The molecule has 30 heavy (non-hydrogen) atoms. The molecule has 0 aliphatic heterocycles. The minimum atomic E-state index is -0.316. The number of benzene rings is 2. The number of carbonyl (C=O) groups excluding carboxylic acids is 1. The summed E-state index contributed by atoms with van der Waals surface area (Å²) in [6.45, 7) is 0. The zero-order valence-corrected chi connectivity index (χ0v) is 16.2. The Morgan fingerprint density at radius 2 is 1.83 bits per heavy atom. The summed E-state index contributed by atoms with van der Waals surface area (Å²) < 4.78 is 20.1. The Balaban J connectivity index is 1.69. The van der Waals surface area contributed by atoms with Gasteiger partial charge in [-0.3, -0.25) is 9.78 Å². The average Bonchev–Trinajstić information content (AvgIpc) is 3.23. The lowest BCUT2D eigenvalue weighted by molar-refractivity contribution is 0.104. The fourth-order valence-corrected chi connectivity index (χ4v) is 2.98. The van der Waals surface area contributed by atoms with Crippen molar-refractivity contribution in [2.75, 3.05) is 7.11 Å². The second-order valence-corrected chi connectivity index (χ2v) is 6.52. The number of nitrogens with zero attached hydrogens (tertiary/aromatic N) is 3. The van der Waals surface area contributed by atoms with E-state index < -0.39 is 0 Å². The molecule has 0 amide bonds. The van der Waals surface area contributed by atoms with Gasteiger partial charge in [0.2, 0.25) is 0 Å². The van der Waals surface area contributed by atoms with Crippen LogP contribution in [0, 0.1) is 5.82 Å². The van der Waals surface area contributed by atoms with Crippen LogP contribution in [0.3, 0.4) is 0 Å². The van der Waals surface area contributed by atoms with Crippen LogP contribution in [0.2, 0.25) is 0 Å². The van der Waals surface area contributed by atoms with Crippen LogP contribution < -0.4 is 4.74 Å². The smallest absolute Gasteiger partial charge is 0.185 e. The van der Waals surface area contributed by atoms with Crippen molar-refractivity contribution in [2.45, 2.75) is 0 Å². The molecule has 0 aliphatic carbocycles. The van der Waals surface area contributed by atoms with Crippen molar-refractivity contribution in [3.63, 3.8) is 0 Å². The molecule has 2 aromatic carbocycles. The molecule has 0 aliphatic rings. The number of hydrogen-bond acceptors (Lipinski definition) is 4. The molecule has 0 fully saturated rings. The first-order valence-corrected chi connectivity index (χ1v) is 9.26. The highest BCUT2D eigenvalue weighted by Gasteiger charge is 2.12. The van der Waals surface area contributed by atoms with E-state index in [1.807, 2.05) is 12.1 Å². The number of ketones is 1. The highest BCUT2D eigenvalue weighted by atomic mass is 19.1. The normalized spacial score (nSPS) is 11.0. The maximum atomic E-state index is 13.3. The Kier molecular flexibility index (Phi) is 5.48. The van der Waals surface area contributed by atoms with Crippen molar-refractivity contribution in [2.24, 2.45) is 0 Å². The number of carbonyl (C=O) groups is 1. The molecular weight excluding hydrogens is 381 g/mol. The second-order valence-electron chi connectivity index (χ2n) is 6.52. The van der Waals surface area contributed by atoms with Crippen LogP contribution in [0.5, 0.6) is 5.75 Å². The standard InChI is InChI=1S/C24H18FN3O2/c1-30-22-11-4-17(5-12-22)23(29)13-6-19-16-28(21-9-7-20(25)8-10-21)27-24(19)18-3-2-14-26-15-18/h2-16H,1H3. The van der Waals surface area contributed by atoms with Crippen molar-refractivity contribution in [3.05, 3.63) is 102 Å². The number of aromatic nitrogens is 3. The van der Waals surface area contributed by atoms with Crippen LogP contribution in [-0.2, 0) is 0 Å². The fourth-order valence-electron chi connectivity index (χ4n) is 2.98. The second kappa shape index (κ2) is 8.53. The lowest BCUT2D eigenvalue weighted by Crippen LogP contribution is -1.94. The van der Waals surface area contributed by atoms with Crippen molar-refractivity contribution in [1.29, 1.82) is 0 Å². The molecular formula is C24H18FN3O2. The molecule has 4 rings (SSSR count). The van der Waals surface area contributed by atoms with Gasteiger partial charge in [-0.15, -0.1) is 0 Å². The Morgan fingerprint density at radius 3 is 2.50 bits per heavy atom. The van der Waals surface area contributed by atoms with E-state index in [0.29, 0.717) is 22.7 Å². The predicted molar refractivity (Wildman–Crippen MR) is 113 cm³/mol. The molecule has 2 aromatic heterocycles. The summed E-state index contributed by atoms with van der Waals surface area (Å²) in [6.07, 6.45) is 8.42. The van der Waals surface area contributed by atoms with Gasteiger partial charge in [-0.2, -0.15) is 5.10 Å². The molecule has 148 valence electrons. The molecule has 0 saturated heterocycles. The summed E-state index contributed by atoms with van der Waals surface area (Å²) in [5.74, 6) is 0.239. The van der Waals surface area contributed by atoms with Crippen LogP contribution in [0.15, 0.2) is 85.3 Å². The van der Waals surface area contributed by atoms with Gasteiger partial charge in [0.25, 0.3) is 0 Å². The molecule has 6 heteroatoms. The number of pyridine rings is 1. The monoisotopic (exact) mass is 399 g/mol. The lowest BCUT2D eigenvalue weighted by Gasteiger charge is -2.00. The molecule has 4 aromatic rings. The van der Waals surface area contributed by atoms with Gasteiger partial charge in [0.15, 0.2) is 5.78 Å². The van der Waals surface area contributed by atoms with E-state index >= 15 is 0 Å². The van der Waals surface area contributed by atoms with E-state index in [1.165, 1.54) is 18.2 Å². The van der Waals surface area contributed by atoms with E-state index in [0.717, 1.165) is 11.1 Å². The SMILES string of the molecule is COc1ccc(C(=O)C=Cc2cn(-c3ccc(F)cc3)nc2-c2cccnc2)cc1. The maximum absolute atomic E-state index is 13.3. The Hall–Kier alpha value is -4.06. The van der Waals surface area contributed by atoms with E-state index in [4.69, 9.17) is 4.74 Å². The van der Waals surface area contributed by atoms with Crippen molar-refractivity contribution in [1.82, 2.24) is 14.8 Å². The average molecular weight is 399 g/mol. The van der Waals surface area contributed by atoms with Gasteiger partial charge in [0.1, 0.15) is 17.3 Å². The first kappa shape index (κ1) is 19.3. The summed E-state index contributed by atoms with van der Waals surface area (Å²) in [4.78, 5) is 16.7. The molecule has 0 unspecified atom stereocenters. The van der Waals surface area contributed by atoms with Gasteiger partial charge < -0.3 is 4.74 Å². The molecule has 0 atom stereocenters. The summed E-state index contributed by atoms with van der Waals surface area (Å²) in [5.41, 5.74) is 3.50. The Labute approximate surface area is 173 Å². The largest absolute Gasteiger partial charge is 0.497 e. The summed E-state index contributed by atoms with van der Waals surface area (Å²) in [7, 11) is 1.58. The number of hydrogen-bond donors (Lipinski definition) is 0. The molecule has 0 N–H and O–H groups in total. The number of rotatable bonds is 6. The molecule has 2 heterocycles. The third-order valence-corrected chi connectivity index (χ3v) is 4.56. The Bertz CT molecular complexity index is 1180. The van der Waals surface area contributed by atoms with Gasteiger partial charge in [-0.1, -0.05) is 0 Å². The molecule has 5 nitrogen and oxygen atoms in total. The van der Waals surface area contributed by atoms with E-state index in [-0.39, 0.29) is 11.6 Å². The summed E-state index contributed by atoms with van der Waals surface area (Å²) >= 11 is 0. The van der Waals surface area contributed by atoms with Crippen LogP contribution >= 0.6 is 0 Å². The number of methoxy groups -OCH3 is 1. The number of halogens is 1. The molecule has 0 bridgehead atoms. The zero-order chi connectivity index (χ0) is 20.9. The molecule has 0 radical (unpaired) electrons. The van der Waals surface area contributed by atoms with Crippen molar-refractivity contribution >= 4 is 11.9 Å². The van der Waals surface area contributed by atoms with Gasteiger partial charge >= 0.3 is 0 Å². The van der Waals surface area contributed by atoms with Crippen LogP contribution in [0.25, 0.3) is 23.0 Å². The highest BCUT2D eigenvalue weighted by molar-refractivity contribution is 6.07. The van der Waals surface area contributed by atoms with E-state index in [1.54, 1.807) is 72.9 Å². The number of allylic oxidation sites excluding steroid dienone is 1. The van der Waals surface area contributed by atoms with Crippen LogP contribution in [0.4, 0.5) is 4.39 Å². The van der Waals surface area contributed by atoms with Gasteiger partial charge in [0.05, 0.1) is 12.8 Å². The summed E-state index contributed by atoms with van der Waals surface area (Å²) in [6, 6.07) is 16.7. The quantitative estimate of drug-likeness (QED) is 0.339. The molecule has 0 spiro atoms. The van der Waals surface area contributed by atoms with Crippen molar-refractivity contribution < 1.29 is 13.9 Å². The van der Waals surface area contributed by atoms with Crippen LogP contribution in [0.1, 0.15) is 15.9 Å². The fraction of sp³-hybridized carbons (Fsp3) is 0.0417. The van der Waals surface area contributed by atoms with Crippen LogP contribution in [-0.4, -0.2) is 27.7 Å². The highest BCUT2D eigenvalue weighted by Crippen LogP contribution is 2.24. The van der Waals surface area contributed by atoms with Gasteiger partial charge in [0, 0.05) is 35.3 Å². The maximum Gasteiger partial charge on any atom is 0.185 e. The summed E-state index contributed by atoms with van der Waals surface area (Å²) in [5, 5.41) is 4.63. The zero-order valence-electron chi connectivity index (χ0n) is 16.2. The van der Waals surface area contributed by atoms with E-state index in [2.05, 4.69) is 10.1 Å².